The van der Waals surface area contributed by atoms with Crippen LogP contribution in [0.1, 0.15) is 18.1 Å². The van der Waals surface area contributed by atoms with Crippen LogP contribution in [-0.2, 0) is 6.42 Å². The summed E-state index contributed by atoms with van der Waals surface area (Å²) in [6, 6.07) is 13.7. The number of benzene rings is 2. The summed E-state index contributed by atoms with van der Waals surface area (Å²) >= 11 is 0. The molecule has 1 unspecified atom stereocenters. The molecule has 7 nitrogen and oxygen atoms in total. The molecule has 29 heavy (non-hydrogen) atoms. The van der Waals surface area contributed by atoms with E-state index in [9.17, 15) is 5.11 Å². The Morgan fingerprint density at radius 2 is 2.03 bits per heavy atom. The lowest BCUT2D eigenvalue weighted by Crippen LogP contribution is -2.39. The number of aryl methyl sites for hydroxylation is 1. The van der Waals surface area contributed by atoms with Crippen LogP contribution < -0.4 is 24.8 Å². The number of rotatable bonds is 9. The molecule has 0 radical (unpaired) electrons. The van der Waals surface area contributed by atoms with Crippen molar-refractivity contribution in [3.8, 4) is 17.2 Å². The predicted molar refractivity (Wildman–Crippen MR) is 113 cm³/mol. The van der Waals surface area contributed by atoms with Crippen LogP contribution in [-0.4, -0.2) is 50.2 Å². The van der Waals surface area contributed by atoms with Gasteiger partial charge in [-0.15, -0.1) is 0 Å². The quantitative estimate of drug-likeness (QED) is 0.443. The molecule has 0 saturated heterocycles. The largest absolute Gasteiger partial charge is 0.491 e. The van der Waals surface area contributed by atoms with Crippen molar-refractivity contribution in [1.82, 2.24) is 10.6 Å². The van der Waals surface area contributed by atoms with Crippen LogP contribution in [0.4, 0.5) is 0 Å². The zero-order valence-corrected chi connectivity index (χ0v) is 17.0. The summed E-state index contributed by atoms with van der Waals surface area (Å²) in [5.74, 6) is 3.00. The van der Waals surface area contributed by atoms with E-state index in [4.69, 9.17) is 14.2 Å². The first-order valence-electron chi connectivity index (χ1n) is 9.92. The number of nitrogens with zero attached hydrogens (tertiary/aromatic N) is 1. The Kier molecular flexibility index (Phi) is 7.58. The van der Waals surface area contributed by atoms with Crippen molar-refractivity contribution in [2.75, 3.05) is 33.0 Å². The average Bonchev–Trinajstić information content (AvgIpc) is 3.18. The van der Waals surface area contributed by atoms with Crippen molar-refractivity contribution < 1.29 is 19.3 Å². The third-order valence-corrected chi connectivity index (χ3v) is 4.38. The maximum Gasteiger partial charge on any atom is 0.231 e. The smallest absolute Gasteiger partial charge is 0.231 e. The maximum absolute atomic E-state index is 10.2. The van der Waals surface area contributed by atoms with Gasteiger partial charge in [-0.25, -0.2) is 0 Å². The van der Waals surface area contributed by atoms with E-state index in [0.29, 0.717) is 12.5 Å². The molecule has 3 rings (SSSR count). The molecule has 156 valence electrons. The number of ether oxygens (including phenoxy) is 3. The summed E-state index contributed by atoms with van der Waals surface area (Å²) in [7, 11) is 0. The van der Waals surface area contributed by atoms with Gasteiger partial charge in [-0.3, -0.25) is 4.99 Å². The van der Waals surface area contributed by atoms with Gasteiger partial charge in [0.15, 0.2) is 17.5 Å². The molecule has 2 aromatic rings. The van der Waals surface area contributed by atoms with E-state index < -0.39 is 6.10 Å². The fraction of sp³-hybridized carbons (Fsp3) is 0.409. The Balaban J connectivity index is 1.43. The molecule has 0 aromatic heterocycles. The minimum Gasteiger partial charge on any atom is -0.491 e. The van der Waals surface area contributed by atoms with E-state index in [1.54, 1.807) is 0 Å². The molecule has 1 aliphatic heterocycles. The molecule has 0 amide bonds. The lowest BCUT2D eigenvalue weighted by atomic mass is 10.1. The molecular weight excluding hydrogens is 370 g/mol. The second-order valence-electron chi connectivity index (χ2n) is 6.87. The normalized spacial score (nSPS) is 13.8. The number of nitrogens with one attached hydrogen (secondary N) is 2. The molecule has 2 aromatic carbocycles. The predicted octanol–water partition coefficient (Wildman–Crippen LogP) is 2.26. The fourth-order valence-corrected chi connectivity index (χ4v) is 2.91. The Morgan fingerprint density at radius 3 is 2.86 bits per heavy atom. The van der Waals surface area contributed by atoms with Crippen molar-refractivity contribution in [3.05, 3.63) is 53.6 Å². The molecule has 7 heteroatoms. The summed E-state index contributed by atoms with van der Waals surface area (Å²) in [4.78, 5) is 4.45. The van der Waals surface area contributed by atoms with Crippen molar-refractivity contribution >= 4 is 5.96 Å². The van der Waals surface area contributed by atoms with E-state index >= 15 is 0 Å². The van der Waals surface area contributed by atoms with E-state index in [1.807, 2.05) is 56.3 Å². The second-order valence-corrected chi connectivity index (χ2v) is 6.87. The van der Waals surface area contributed by atoms with Crippen LogP contribution in [0.25, 0.3) is 0 Å². The molecule has 0 aliphatic carbocycles. The lowest BCUT2D eigenvalue weighted by Gasteiger charge is -2.14. The van der Waals surface area contributed by atoms with E-state index in [-0.39, 0.29) is 19.9 Å². The summed E-state index contributed by atoms with van der Waals surface area (Å²) in [6.45, 7) is 6.20. The summed E-state index contributed by atoms with van der Waals surface area (Å²) in [5, 5.41) is 16.7. The van der Waals surface area contributed by atoms with E-state index in [2.05, 4.69) is 15.6 Å². The van der Waals surface area contributed by atoms with E-state index in [1.165, 1.54) is 0 Å². The van der Waals surface area contributed by atoms with Gasteiger partial charge < -0.3 is 30.0 Å². The first kappa shape index (κ1) is 20.8. The highest BCUT2D eigenvalue weighted by atomic mass is 16.7. The molecule has 0 bridgehead atoms. The van der Waals surface area contributed by atoms with Gasteiger partial charge in [-0.1, -0.05) is 18.2 Å². The van der Waals surface area contributed by atoms with Crippen LogP contribution in [0.15, 0.2) is 47.5 Å². The van der Waals surface area contributed by atoms with Crippen molar-refractivity contribution in [3.63, 3.8) is 0 Å². The Morgan fingerprint density at radius 1 is 1.17 bits per heavy atom. The van der Waals surface area contributed by atoms with Gasteiger partial charge in [-0.2, -0.15) is 0 Å². The Labute approximate surface area is 171 Å². The van der Waals surface area contributed by atoms with Crippen molar-refractivity contribution in [2.24, 2.45) is 4.99 Å². The number of aliphatic hydroxyl groups is 1. The molecule has 1 heterocycles. The highest BCUT2D eigenvalue weighted by Gasteiger charge is 2.13. The SMILES string of the molecule is CCNC(=NCC(O)COc1cccc(C)c1)NCCc1ccc2c(c1)OCO2. The summed E-state index contributed by atoms with van der Waals surface area (Å²) in [6.07, 6.45) is 0.139. The average molecular weight is 399 g/mol. The number of fused-ring (bicyclic) bond motifs is 1. The van der Waals surface area contributed by atoms with Crippen LogP contribution in [0.2, 0.25) is 0 Å². The molecule has 0 fully saturated rings. The van der Waals surface area contributed by atoms with Crippen molar-refractivity contribution in [2.45, 2.75) is 26.4 Å². The van der Waals surface area contributed by atoms with Gasteiger partial charge in [0, 0.05) is 13.1 Å². The molecule has 0 saturated carbocycles. The zero-order valence-electron chi connectivity index (χ0n) is 17.0. The highest BCUT2D eigenvalue weighted by molar-refractivity contribution is 5.79. The first-order valence-corrected chi connectivity index (χ1v) is 9.92. The highest BCUT2D eigenvalue weighted by Crippen LogP contribution is 2.32. The number of guanidine groups is 1. The maximum atomic E-state index is 10.2. The number of aliphatic imine (C=N–C) groups is 1. The first-order chi connectivity index (χ1) is 14.1. The molecular formula is C22H29N3O4. The van der Waals surface area contributed by atoms with Crippen molar-refractivity contribution in [1.29, 1.82) is 0 Å². The standard InChI is InChI=1S/C22H29N3O4/c1-3-23-22(24-10-9-17-7-8-20-21(12-17)29-15-28-20)25-13-18(26)14-27-19-6-4-5-16(2)11-19/h4-8,11-12,18,26H,3,9-10,13-15H2,1-2H3,(H2,23,24,25). The zero-order chi connectivity index (χ0) is 20.5. The van der Waals surface area contributed by atoms with Gasteiger partial charge in [0.1, 0.15) is 18.5 Å². The monoisotopic (exact) mass is 399 g/mol. The van der Waals surface area contributed by atoms with Gasteiger partial charge in [0.25, 0.3) is 0 Å². The second kappa shape index (κ2) is 10.6. The third kappa shape index (κ3) is 6.57. The minimum absolute atomic E-state index is 0.198. The minimum atomic E-state index is -0.681. The lowest BCUT2D eigenvalue weighted by molar-refractivity contribution is 0.114. The molecule has 3 N–H and O–H groups in total. The van der Waals surface area contributed by atoms with Gasteiger partial charge in [0.2, 0.25) is 6.79 Å². The summed E-state index contributed by atoms with van der Waals surface area (Å²) < 4.78 is 16.4. The van der Waals surface area contributed by atoms with Gasteiger partial charge in [-0.05, 0) is 55.7 Å². The van der Waals surface area contributed by atoms with Crippen LogP contribution in [0.5, 0.6) is 17.2 Å². The van der Waals surface area contributed by atoms with Crippen LogP contribution in [0.3, 0.4) is 0 Å². The molecule has 1 atom stereocenters. The Bertz CT molecular complexity index is 825. The third-order valence-electron chi connectivity index (χ3n) is 4.38. The van der Waals surface area contributed by atoms with E-state index in [0.717, 1.165) is 41.3 Å². The van der Waals surface area contributed by atoms with Crippen LogP contribution >= 0.6 is 0 Å². The van der Waals surface area contributed by atoms with Gasteiger partial charge >= 0.3 is 0 Å². The number of aliphatic hydroxyl groups excluding tert-OH is 1. The fourth-order valence-electron chi connectivity index (χ4n) is 2.91. The molecule has 1 aliphatic rings. The Hall–Kier alpha value is -2.93. The topological polar surface area (TPSA) is 84.3 Å². The van der Waals surface area contributed by atoms with Gasteiger partial charge in [0.05, 0.1) is 6.54 Å². The summed E-state index contributed by atoms with van der Waals surface area (Å²) in [5.41, 5.74) is 2.28. The number of hydrogen-bond donors (Lipinski definition) is 3. The number of hydrogen-bond acceptors (Lipinski definition) is 5. The van der Waals surface area contributed by atoms with Crippen LogP contribution in [0, 0.1) is 6.92 Å². The molecule has 0 spiro atoms.